The zero-order valence-electron chi connectivity index (χ0n) is 18.7. The number of carbonyl (C=O) groups is 1. The van der Waals surface area contributed by atoms with Gasteiger partial charge in [0.15, 0.2) is 0 Å². The highest BCUT2D eigenvalue weighted by atomic mass is 32.2. The van der Waals surface area contributed by atoms with Gasteiger partial charge in [-0.1, -0.05) is 32.9 Å². The van der Waals surface area contributed by atoms with E-state index >= 15 is 0 Å². The molecule has 0 unspecified atom stereocenters. The number of hydrogen-bond donors (Lipinski definition) is 1. The number of sulfonamides is 1. The third-order valence-corrected chi connectivity index (χ3v) is 6.43. The van der Waals surface area contributed by atoms with Crippen LogP contribution in [-0.4, -0.2) is 31.2 Å². The van der Waals surface area contributed by atoms with Crippen molar-refractivity contribution < 1.29 is 26.7 Å². The highest BCUT2D eigenvalue weighted by molar-refractivity contribution is 7.90. The second-order valence-electron chi connectivity index (χ2n) is 8.47. The lowest BCUT2D eigenvalue weighted by molar-refractivity contribution is 0.0981. The standard InChI is InChI=1S/C23H25F2N3O4S/c1-23(2,3)17-8-9-19(32-4)20(13-17)33(30,31)27-22(29)15-6-7-16(18(12-15)21(24)25)14-28-11-5-10-26-28/h5-13,21H,14H2,1-4H3,(H,27,29). The molecule has 2 aromatic carbocycles. The molecule has 0 atom stereocenters. The number of hydrogen-bond acceptors (Lipinski definition) is 5. The van der Waals surface area contributed by atoms with Crippen molar-refractivity contribution in [3.8, 4) is 5.75 Å². The summed E-state index contributed by atoms with van der Waals surface area (Å²) in [6.07, 6.45) is 0.294. The number of amides is 1. The zero-order valence-corrected chi connectivity index (χ0v) is 19.5. The number of nitrogens with one attached hydrogen (secondary N) is 1. The summed E-state index contributed by atoms with van der Waals surface area (Å²) >= 11 is 0. The highest BCUT2D eigenvalue weighted by Gasteiger charge is 2.26. The van der Waals surface area contributed by atoms with Gasteiger partial charge in [-0.15, -0.1) is 0 Å². The molecule has 7 nitrogen and oxygen atoms in total. The van der Waals surface area contributed by atoms with E-state index in [-0.39, 0.29) is 39.3 Å². The van der Waals surface area contributed by atoms with Crippen molar-refractivity contribution >= 4 is 15.9 Å². The van der Waals surface area contributed by atoms with Crippen molar-refractivity contribution in [3.63, 3.8) is 0 Å². The molecule has 0 fully saturated rings. The lowest BCUT2D eigenvalue weighted by Crippen LogP contribution is -2.31. The molecule has 1 N–H and O–H groups in total. The molecule has 1 amide bonds. The molecule has 0 bridgehead atoms. The first-order valence-electron chi connectivity index (χ1n) is 10.1. The van der Waals surface area contributed by atoms with Gasteiger partial charge < -0.3 is 4.74 Å². The SMILES string of the molecule is COc1ccc(C(C)(C)C)cc1S(=O)(=O)NC(=O)c1ccc(Cn2cccn2)c(C(F)F)c1. The molecule has 0 spiro atoms. The van der Waals surface area contributed by atoms with Crippen molar-refractivity contribution in [3.05, 3.63) is 77.1 Å². The molecule has 33 heavy (non-hydrogen) atoms. The zero-order chi connectivity index (χ0) is 24.4. The van der Waals surface area contributed by atoms with Crippen molar-refractivity contribution in [2.45, 2.75) is 44.1 Å². The van der Waals surface area contributed by atoms with Crippen LogP contribution in [0.15, 0.2) is 59.8 Å². The van der Waals surface area contributed by atoms with E-state index in [0.717, 1.165) is 11.6 Å². The predicted octanol–water partition coefficient (Wildman–Crippen LogP) is 4.29. The molecule has 3 rings (SSSR count). The average molecular weight is 478 g/mol. The van der Waals surface area contributed by atoms with E-state index in [4.69, 9.17) is 4.74 Å². The number of aromatic nitrogens is 2. The van der Waals surface area contributed by atoms with Gasteiger partial charge in [0.2, 0.25) is 0 Å². The maximum Gasteiger partial charge on any atom is 0.268 e. The minimum Gasteiger partial charge on any atom is -0.495 e. The molecule has 10 heteroatoms. The lowest BCUT2D eigenvalue weighted by atomic mass is 9.87. The first-order valence-corrected chi connectivity index (χ1v) is 11.5. The molecular weight excluding hydrogens is 452 g/mol. The monoisotopic (exact) mass is 477 g/mol. The van der Waals surface area contributed by atoms with Gasteiger partial charge in [0.1, 0.15) is 10.6 Å². The summed E-state index contributed by atoms with van der Waals surface area (Å²) in [7, 11) is -3.02. The summed E-state index contributed by atoms with van der Waals surface area (Å²) in [6.45, 7) is 5.84. The first kappa shape index (κ1) is 24.4. The number of rotatable bonds is 7. The molecule has 0 saturated heterocycles. The van der Waals surface area contributed by atoms with Crippen LogP contribution in [0, 0.1) is 0 Å². The van der Waals surface area contributed by atoms with Crippen LogP contribution in [0.4, 0.5) is 8.78 Å². The van der Waals surface area contributed by atoms with Crippen LogP contribution in [0.3, 0.4) is 0 Å². The molecule has 0 aliphatic heterocycles. The van der Waals surface area contributed by atoms with Crippen LogP contribution in [0.2, 0.25) is 0 Å². The number of benzene rings is 2. The largest absolute Gasteiger partial charge is 0.495 e. The van der Waals surface area contributed by atoms with Crippen molar-refractivity contribution in [2.75, 3.05) is 7.11 Å². The fourth-order valence-electron chi connectivity index (χ4n) is 3.24. The summed E-state index contributed by atoms with van der Waals surface area (Å²) in [4.78, 5) is 12.5. The Morgan fingerprint density at radius 3 is 2.48 bits per heavy atom. The van der Waals surface area contributed by atoms with Crippen molar-refractivity contribution in [1.29, 1.82) is 0 Å². The van der Waals surface area contributed by atoms with Gasteiger partial charge in [0.25, 0.3) is 22.4 Å². The summed E-state index contributed by atoms with van der Waals surface area (Å²) in [5.41, 5.74) is 0.0653. The third kappa shape index (κ3) is 5.57. The molecule has 3 aromatic rings. The van der Waals surface area contributed by atoms with E-state index in [0.29, 0.717) is 0 Å². The van der Waals surface area contributed by atoms with Crippen molar-refractivity contribution in [1.82, 2.24) is 14.5 Å². The van der Waals surface area contributed by atoms with E-state index in [9.17, 15) is 22.0 Å². The maximum atomic E-state index is 13.7. The molecule has 0 radical (unpaired) electrons. The van der Waals surface area contributed by atoms with Gasteiger partial charge in [0, 0.05) is 23.5 Å². The number of halogens is 2. The van der Waals surface area contributed by atoms with Crippen LogP contribution in [0.5, 0.6) is 5.75 Å². The van der Waals surface area contributed by atoms with Gasteiger partial charge in [-0.05, 0) is 46.9 Å². The van der Waals surface area contributed by atoms with Gasteiger partial charge >= 0.3 is 0 Å². The molecule has 1 heterocycles. The average Bonchev–Trinajstić information content (AvgIpc) is 3.25. The Kier molecular flexibility index (Phi) is 6.87. The molecular formula is C23H25F2N3O4S. The number of carbonyl (C=O) groups excluding carboxylic acids is 1. The predicted molar refractivity (Wildman–Crippen MR) is 119 cm³/mol. The summed E-state index contributed by atoms with van der Waals surface area (Å²) in [5.74, 6) is -0.961. The van der Waals surface area contributed by atoms with Gasteiger partial charge in [0.05, 0.1) is 13.7 Å². The molecule has 1 aromatic heterocycles. The number of methoxy groups -OCH3 is 1. The van der Waals surface area contributed by atoms with E-state index in [1.54, 1.807) is 18.3 Å². The van der Waals surface area contributed by atoms with Crippen molar-refractivity contribution in [2.24, 2.45) is 0 Å². The highest BCUT2D eigenvalue weighted by Crippen LogP contribution is 2.31. The smallest absolute Gasteiger partial charge is 0.268 e. The fourth-order valence-corrected chi connectivity index (χ4v) is 4.41. The summed E-state index contributed by atoms with van der Waals surface area (Å²) in [6, 6.07) is 10.0. The number of nitrogens with zero attached hydrogens (tertiary/aromatic N) is 2. The van der Waals surface area contributed by atoms with E-state index in [1.165, 1.54) is 42.3 Å². The van der Waals surface area contributed by atoms with Crippen LogP contribution < -0.4 is 9.46 Å². The molecule has 0 aliphatic rings. The maximum absolute atomic E-state index is 13.7. The lowest BCUT2D eigenvalue weighted by Gasteiger charge is -2.21. The molecule has 0 aliphatic carbocycles. The van der Waals surface area contributed by atoms with Gasteiger partial charge in [-0.25, -0.2) is 21.9 Å². The fraction of sp³-hybridized carbons (Fsp3) is 0.304. The Hall–Kier alpha value is -3.27. The summed E-state index contributed by atoms with van der Waals surface area (Å²) in [5, 5.41) is 3.99. The van der Waals surface area contributed by atoms with Crippen LogP contribution in [0.1, 0.15) is 54.2 Å². The summed E-state index contributed by atoms with van der Waals surface area (Å²) < 4.78 is 61.9. The second kappa shape index (κ2) is 9.30. The Morgan fingerprint density at radius 1 is 1.18 bits per heavy atom. The van der Waals surface area contributed by atoms with Gasteiger partial charge in [-0.3, -0.25) is 9.48 Å². The first-order chi connectivity index (χ1) is 15.4. The number of ether oxygens (including phenoxy) is 1. The van der Waals surface area contributed by atoms with Crippen LogP contribution in [-0.2, 0) is 22.0 Å². The van der Waals surface area contributed by atoms with E-state index < -0.39 is 22.4 Å². The Bertz CT molecular complexity index is 1250. The van der Waals surface area contributed by atoms with Gasteiger partial charge in [-0.2, -0.15) is 5.10 Å². The van der Waals surface area contributed by atoms with E-state index in [2.05, 4.69) is 5.10 Å². The Morgan fingerprint density at radius 2 is 1.91 bits per heavy atom. The third-order valence-electron chi connectivity index (χ3n) is 5.08. The molecule has 0 saturated carbocycles. The quantitative estimate of drug-likeness (QED) is 0.548. The Labute approximate surface area is 191 Å². The van der Waals surface area contributed by atoms with E-state index in [1.807, 2.05) is 25.5 Å². The van der Waals surface area contributed by atoms with Crippen LogP contribution in [0.25, 0.3) is 0 Å². The molecule has 176 valence electrons. The second-order valence-corrected chi connectivity index (χ2v) is 10.1. The number of alkyl halides is 2. The minimum absolute atomic E-state index is 0.0612. The van der Waals surface area contributed by atoms with Crippen LogP contribution >= 0.6 is 0 Å². The minimum atomic E-state index is -4.34. The normalized spacial score (nSPS) is 12.1. The topological polar surface area (TPSA) is 90.3 Å². The Balaban J connectivity index is 1.92.